The molecule has 0 radical (unpaired) electrons. The fourth-order valence-electron chi connectivity index (χ4n) is 3.78. The second kappa shape index (κ2) is 7.28. The van der Waals surface area contributed by atoms with E-state index in [0.717, 1.165) is 12.8 Å². The number of hydrogen-bond acceptors (Lipinski definition) is 3. The van der Waals surface area contributed by atoms with Crippen molar-refractivity contribution in [1.82, 2.24) is 5.32 Å². The minimum absolute atomic E-state index is 0.0309. The van der Waals surface area contributed by atoms with Gasteiger partial charge in [-0.1, -0.05) is 33.3 Å². The molecular weight excluding hydrogens is 294 g/mol. The molecule has 2 aliphatic carbocycles. The Kier molecular flexibility index (Phi) is 5.60. The molecule has 5 heteroatoms. The third kappa shape index (κ3) is 3.65. The molecule has 5 nitrogen and oxygen atoms in total. The highest BCUT2D eigenvalue weighted by molar-refractivity contribution is 5.98. The summed E-state index contributed by atoms with van der Waals surface area (Å²) in [6.45, 7) is 5.78. The van der Waals surface area contributed by atoms with Crippen LogP contribution in [0.2, 0.25) is 0 Å². The Morgan fingerprint density at radius 3 is 2.61 bits per heavy atom. The average Bonchev–Trinajstić information content (AvgIpc) is 2.91. The number of amides is 1. The van der Waals surface area contributed by atoms with Crippen molar-refractivity contribution >= 4 is 17.7 Å². The van der Waals surface area contributed by atoms with E-state index in [0.29, 0.717) is 24.8 Å². The number of aliphatic carboxylic acids is 1. The van der Waals surface area contributed by atoms with Crippen LogP contribution in [0.1, 0.15) is 52.9 Å². The van der Waals surface area contributed by atoms with Gasteiger partial charge in [0, 0.05) is 17.9 Å². The summed E-state index contributed by atoms with van der Waals surface area (Å²) < 4.78 is 0. The van der Waals surface area contributed by atoms with Crippen LogP contribution in [-0.2, 0) is 14.4 Å². The molecule has 1 fully saturated rings. The number of rotatable bonds is 6. The molecule has 0 bridgehead atoms. The highest BCUT2D eigenvalue weighted by Crippen LogP contribution is 2.43. The van der Waals surface area contributed by atoms with Gasteiger partial charge in [0.1, 0.15) is 11.8 Å². The smallest absolute Gasteiger partial charge is 0.326 e. The zero-order valence-corrected chi connectivity index (χ0v) is 14.2. The maximum Gasteiger partial charge on any atom is 0.326 e. The minimum atomic E-state index is -1.00. The van der Waals surface area contributed by atoms with Crippen molar-refractivity contribution in [2.24, 2.45) is 23.7 Å². The lowest BCUT2D eigenvalue weighted by Gasteiger charge is -2.31. The zero-order chi connectivity index (χ0) is 17.1. The SMILES string of the molecule is CC[C@H]1C=C(C(=O)N[C@@H](C(=O)O)[C@H](C)CC)[C@H]2CCC(=O)[C@H]2C1. The van der Waals surface area contributed by atoms with Gasteiger partial charge in [-0.05, 0) is 37.0 Å². The monoisotopic (exact) mass is 321 g/mol. The molecular formula is C18H27NO4. The molecule has 0 aromatic carbocycles. The van der Waals surface area contributed by atoms with Crippen LogP contribution in [-0.4, -0.2) is 28.8 Å². The fourth-order valence-corrected chi connectivity index (χ4v) is 3.78. The second-order valence-electron chi connectivity index (χ2n) is 6.92. The number of carboxylic acid groups (broad SMARTS) is 1. The van der Waals surface area contributed by atoms with Gasteiger partial charge in [-0.3, -0.25) is 9.59 Å². The van der Waals surface area contributed by atoms with E-state index in [1.54, 1.807) is 0 Å². The quantitative estimate of drug-likeness (QED) is 0.787. The van der Waals surface area contributed by atoms with E-state index in [1.807, 2.05) is 19.9 Å². The highest BCUT2D eigenvalue weighted by Gasteiger charge is 2.43. The number of hydrogen-bond donors (Lipinski definition) is 2. The summed E-state index contributed by atoms with van der Waals surface area (Å²) in [5, 5.41) is 12.1. The summed E-state index contributed by atoms with van der Waals surface area (Å²) in [4.78, 5) is 36.2. The predicted molar refractivity (Wildman–Crippen MR) is 86.7 cm³/mol. The first-order valence-electron chi connectivity index (χ1n) is 8.67. The van der Waals surface area contributed by atoms with E-state index in [2.05, 4.69) is 12.2 Å². The Hall–Kier alpha value is -1.65. The molecule has 0 aliphatic heterocycles. The molecule has 0 aromatic rings. The molecule has 2 aliphatic rings. The van der Waals surface area contributed by atoms with E-state index >= 15 is 0 Å². The molecule has 2 rings (SSSR count). The molecule has 0 saturated heterocycles. The molecule has 0 unspecified atom stereocenters. The van der Waals surface area contributed by atoms with Crippen LogP contribution in [0.3, 0.4) is 0 Å². The Bertz CT molecular complexity index is 525. The van der Waals surface area contributed by atoms with Crippen molar-refractivity contribution < 1.29 is 19.5 Å². The van der Waals surface area contributed by atoms with Crippen LogP contribution in [0.15, 0.2) is 11.6 Å². The Morgan fingerprint density at radius 1 is 1.35 bits per heavy atom. The summed E-state index contributed by atoms with van der Waals surface area (Å²) in [6, 6.07) is -0.883. The summed E-state index contributed by atoms with van der Waals surface area (Å²) in [7, 11) is 0. The van der Waals surface area contributed by atoms with E-state index in [4.69, 9.17) is 0 Å². The van der Waals surface area contributed by atoms with Gasteiger partial charge in [-0.2, -0.15) is 0 Å². The topological polar surface area (TPSA) is 83.5 Å². The Labute approximate surface area is 137 Å². The molecule has 128 valence electrons. The number of nitrogens with one attached hydrogen (secondary N) is 1. The third-order valence-corrected chi connectivity index (χ3v) is 5.52. The first kappa shape index (κ1) is 17.7. The first-order chi connectivity index (χ1) is 10.9. The number of Topliss-reactive ketones (excluding diaryl/α,β-unsaturated/α-hetero) is 1. The third-order valence-electron chi connectivity index (χ3n) is 5.52. The molecule has 1 saturated carbocycles. The number of carbonyl (C=O) groups is 3. The van der Waals surface area contributed by atoms with E-state index in [9.17, 15) is 19.5 Å². The summed E-state index contributed by atoms with van der Waals surface area (Å²) in [6.07, 6.45) is 5.61. The van der Waals surface area contributed by atoms with Gasteiger partial charge in [-0.25, -0.2) is 4.79 Å². The molecule has 0 spiro atoms. The van der Waals surface area contributed by atoms with Crippen LogP contribution >= 0.6 is 0 Å². The van der Waals surface area contributed by atoms with Crippen molar-refractivity contribution in [2.75, 3.05) is 0 Å². The first-order valence-corrected chi connectivity index (χ1v) is 8.67. The predicted octanol–water partition coefficient (Wildman–Crippen LogP) is 2.55. The Balaban J connectivity index is 2.20. The zero-order valence-electron chi connectivity index (χ0n) is 14.2. The summed E-state index contributed by atoms with van der Waals surface area (Å²) in [5.74, 6) is -1.05. The van der Waals surface area contributed by atoms with E-state index in [-0.39, 0.29) is 35.4 Å². The highest BCUT2D eigenvalue weighted by atomic mass is 16.4. The minimum Gasteiger partial charge on any atom is -0.480 e. The average molecular weight is 321 g/mol. The van der Waals surface area contributed by atoms with Crippen molar-refractivity contribution in [3.8, 4) is 0 Å². The van der Waals surface area contributed by atoms with Crippen molar-refractivity contribution in [3.63, 3.8) is 0 Å². The lowest BCUT2D eigenvalue weighted by atomic mass is 9.74. The lowest BCUT2D eigenvalue weighted by Crippen LogP contribution is -2.47. The van der Waals surface area contributed by atoms with Crippen LogP contribution < -0.4 is 5.32 Å². The maximum absolute atomic E-state index is 12.7. The summed E-state index contributed by atoms with van der Waals surface area (Å²) in [5.41, 5.74) is 0.633. The standard InChI is InChI=1S/C18H27NO4/c1-4-10(3)16(18(22)23)19-17(21)14-9-11(5-2)8-13-12(14)6-7-15(13)20/h9-13,16H,4-8H2,1-3H3,(H,19,21)(H,22,23)/t10-,11-,12+,13+,16-/m1/s1. The molecule has 23 heavy (non-hydrogen) atoms. The number of carbonyl (C=O) groups excluding carboxylic acids is 2. The molecule has 0 aromatic heterocycles. The fraction of sp³-hybridized carbons (Fsp3) is 0.722. The molecule has 0 heterocycles. The number of ketones is 1. The normalized spacial score (nSPS) is 29.4. The molecule has 1 amide bonds. The van der Waals surface area contributed by atoms with Crippen molar-refractivity contribution in [3.05, 3.63) is 11.6 Å². The maximum atomic E-state index is 12.7. The largest absolute Gasteiger partial charge is 0.480 e. The van der Waals surface area contributed by atoms with Crippen LogP contribution in [0.5, 0.6) is 0 Å². The second-order valence-corrected chi connectivity index (χ2v) is 6.92. The van der Waals surface area contributed by atoms with Crippen LogP contribution in [0, 0.1) is 23.7 Å². The van der Waals surface area contributed by atoms with Gasteiger partial charge < -0.3 is 10.4 Å². The number of allylic oxidation sites excluding steroid dienone is 1. The van der Waals surface area contributed by atoms with Gasteiger partial charge in [0.05, 0.1) is 0 Å². The van der Waals surface area contributed by atoms with Gasteiger partial charge in [0.2, 0.25) is 5.91 Å². The van der Waals surface area contributed by atoms with Gasteiger partial charge in [0.25, 0.3) is 0 Å². The van der Waals surface area contributed by atoms with Gasteiger partial charge in [-0.15, -0.1) is 0 Å². The van der Waals surface area contributed by atoms with Gasteiger partial charge in [0.15, 0.2) is 0 Å². The van der Waals surface area contributed by atoms with Crippen LogP contribution in [0.25, 0.3) is 0 Å². The van der Waals surface area contributed by atoms with Crippen LogP contribution in [0.4, 0.5) is 0 Å². The number of carboxylic acids is 1. The molecule has 2 N–H and O–H groups in total. The van der Waals surface area contributed by atoms with Crippen molar-refractivity contribution in [2.45, 2.75) is 58.9 Å². The van der Waals surface area contributed by atoms with Crippen molar-refractivity contribution in [1.29, 1.82) is 0 Å². The van der Waals surface area contributed by atoms with E-state index < -0.39 is 12.0 Å². The lowest BCUT2D eigenvalue weighted by molar-refractivity contribution is -0.143. The Morgan fingerprint density at radius 2 is 2.04 bits per heavy atom. The summed E-state index contributed by atoms with van der Waals surface area (Å²) >= 11 is 0. The number of fused-ring (bicyclic) bond motifs is 1. The van der Waals surface area contributed by atoms with E-state index in [1.165, 1.54) is 0 Å². The van der Waals surface area contributed by atoms with Gasteiger partial charge >= 0.3 is 5.97 Å². The molecule has 5 atom stereocenters.